The molecule has 1 amide bonds. The number of anilines is 3. The van der Waals surface area contributed by atoms with Gasteiger partial charge in [-0.25, -0.2) is 27.9 Å². The van der Waals surface area contributed by atoms with Gasteiger partial charge in [0.15, 0.2) is 5.82 Å². The molecule has 9 nitrogen and oxygen atoms in total. The molecule has 194 valence electrons. The van der Waals surface area contributed by atoms with Crippen molar-refractivity contribution in [2.24, 2.45) is 0 Å². The van der Waals surface area contributed by atoms with Crippen molar-refractivity contribution in [3.63, 3.8) is 0 Å². The molecule has 2 fully saturated rings. The summed E-state index contributed by atoms with van der Waals surface area (Å²) >= 11 is 0. The zero-order valence-corrected chi connectivity index (χ0v) is 20.0. The summed E-state index contributed by atoms with van der Waals surface area (Å²) in [6.07, 6.45) is 2.58. The van der Waals surface area contributed by atoms with Crippen LogP contribution in [0.3, 0.4) is 0 Å². The summed E-state index contributed by atoms with van der Waals surface area (Å²) in [6.45, 7) is 2.33. The molecule has 0 radical (unpaired) electrons. The van der Waals surface area contributed by atoms with E-state index in [1.807, 2.05) is 6.92 Å². The fourth-order valence-electron chi connectivity index (χ4n) is 5.42. The summed E-state index contributed by atoms with van der Waals surface area (Å²) in [6, 6.07) is 2.70. The van der Waals surface area contributed by atoms with Crippen molar-refractivity contribution in [2.45, 2.75) is 37.8 Å². The number of carbonyl (C=O) groups is 1. The standard InChI is InChI=1S/C25H25F3N6O3/c1-12-17(8-32-23-22(12)30-2-3-37-23)16-4-13-5-19(31-9-18(13)21(29)20(16)26)34(24(35)36)15-6-14(7-15)33-10-25(27,28)11-33/h4-5,8-9,14-15,30H,2-3,6-7,10-11,29H2,1H3,(H,35,36). The van der Waals surface area contributed by atoms with E-state index in [0.717, 1.165) is 10.5 Å². The molecule has 37 heavy (non-hydrogen) atoms. The molecule has 0 bridgehead atoms. The average Bonchev–Trinajstić information content (AvgIpc) is 2.82. The van der Waals surface area contributed by atoms with Gasteiger partial charge >= 0.3 is 6.09 Å². The van der Waals surface area contributed by atoms with E-state index >= 15 is 4.39 Å². The van der Waals surface area contributed by atoms with Crippen LogP contribution in [0.1, 0.15) is 18.4 Å². The van der Waals surface area contributed by atoms with Crippen LogP contribution in [0.2, 0.25) is 0 Å². The minimum Gasteiger partial charge on any atom is -0.474 e. The van der Waals surface area contributed by atoms with E-state index in [0.29, 0.717) is 53.9 Å². The fourth-order valence-corrected chi connectivity index (χ4v) is 5.42. The number of nitrogens with two attached hydrogens (primary N) is 1. The predicted octanol–water partition coefficient (Wildman–Crippen LogP) is 4.10. The molecule has 3 aromatic rings. The number of likely N-dealkylation sites (tertiary alicyclic amines) is 1. The van der Waals surface area contributed by atoms with Crippen LogP contribution in [-0.2, 0) is 0 Å². The van der Waals surface area contributed by atoms with Crippen LogP contribution in [0.25, 0.3) is 21.9 Å². The normalized spacial score (nSPS) is 22.3. The number of fused-ring (bicyclic) bond motifs is 2. The number of aromatic nitrogens is 2. The molecule has 2 aliphatic heterocycles. The summed E-state index contributed by atoms with van der Waals surface area (Å²) in [5.74, 6) is -2.66. The highest BCUT2D eigenvalue weighted by atomic mass is 19.3. The second-order valence-electron chi connectivity index (χ2n) is 9.86. The van der Waals surface area contributed by atoms with Gasteiger partial charge in [-0.15, -0.1) is 0 Å². The van der Waals surface area contributed by atoms with Gasteiger partial charge in [0, 0.05) is 47.5 Å². The maximum Gasteiger partial charge on any atom is 0.413 e. The predicted molar refractivity (Wildman–Crippen MR) is 132 cm³/mol. The first-order valence-electron chi connectivity index (χ1n) is 12.0. The highest BCUT2D eigenvalue weighted by molar-refractivity contribution is 5.99. The van der Waals surface area contributed by atoms with Crippen LogP contribution in [-0.4, -0.2) is 70.3 Å². The van der Waals surface area contributed by atoms with Gasteiger partial charge in [0.1, 0.15) is 18.1 Å². The van der Waals surface area contributed by atoms with E-state index in [9.17, 15) is 18.7 Å². The summed E-state index contributed by atoms with van der Waals surface area (Å²) in [5.41, 5.74) is 8.25. The topological polar surface area (TPSA) is 117 Å². The zero-order valence-electron chi connectivity index (χ0n) is 20.0. The van der Waals surface area contributed by atoms with Crippen molar-refractivity contribution in [2.75, 3.05) is 42.2 Å². The van der Waals surface area contributed by atoms with Crippen LogP contribution in [0.4, 0.5) is 35.2 Å². The molecule has 0 atom stereocenters. The molecule has 1 saturated carbocycles. The lowest BCUT2D eigenvalue weighted by molar-refractivity contribution is -0.157. The van der Waals surface area contributed by atoms with Crippen molar-refractivity contribution in [3.8, 4) is 17.0 Å². The van der Waals surface area contributed by atoms with Crippen molar-refractivity contribution >= 4 is 34.1 Å². The summed E-state index contributed by atoms with van der Waals surface area (Å²) < 4.78 is 47.4. The number of halogens is 3. The zero-order chi connectivity index (χ0) is 26.1. The highest BCUT2D eigenvalue weighted by Gasteiger charge is 2.51. The van der Waals surface area contributed by atoms with Crippen LogP contribution in [0.15, 0.2) is 24.5 Å². The first-order chi connectivity index (χ1) is 17.6. The van der Waals surface area contributed by atoms with Gasteiger partial charge in [-0.1, -0.05) is 0 Å². The van der Waals surface area contributed by atoms with Gasteiger partial charge in [-0.2, -0.15) is 0 Å². The van der Waals surface area contributed by atoms with Gasteiger partial charge in [0.2, 0.25) is 5.88 Å². The number of nitrogens with one attached hydrogen (secondary N) is 1. The molecular weight excluding hydrogens is 489 g/mol. The Balaban J connectivity index is 1.34. The SMILES string of the molecule is Cc1c(-c2cc3cc(N(C(=O)O)C4CC(N5CC(F)(F)C5)C4)ncc3c(N)c2F)cnc2c1NCCO2. The summed E-state index contributed by atoms with van der Waals surface area (Å²) in [7, 11) is 0. The molecule has 4 N–H and O–H groups in total. The Morgan fingerprint density at radius 2 is 2.00 bits per heavy atom. The quantitative estimate of drug-likeness (QED) is 0.446. The Hall–Kier alpha value is -3.80. The third-order valence-corrected chi connectivity index (χ3v) is 7.51. The van der Waals surface area contributed by atoms with E-state index in [1.165, 1.54) is 12.4 Å². The van der Waals surface area contributed by atoms with E-state index in [-0.39, 0.29) is 36.2 Å². The second kappa shape index (κ2) is 8.37. The number of nitrogen functional groups attached to an aromatic ring is 1. The summed E-state index contributed by atoms with van der Waals surface area (Å²) in [5, 5.41) is 14.0. The van der Waals surface area contributed by atoms with Gasteiger partial charge in [0.05, 0.1) is 18.8 Å². The largest absolute Gasteiger partial charge is 0.474 e. The number of hydrogen-bond acceptors (Lipinski definition) is 7. The number of alkyl halides is 2. The van der Waals surface area contributed by atoms with Crippen LogP contribution < -0.4 is 20.7 Å². The lowest BCUT2D eigenvalue weighted by Crippen LogP contribution is -2.65. The van der Waals surface area contributed by atoms with Crippen molar-refractivity contribution in [1.82, 2.24) is 14.9 Å². The number of nitrogens with zero attached hydrogens (tertiary/aromatic N) is 4. The second-order valence-corrected chi connectivity index (χ2v) is 9.86. The van der Waals surface area contributed by atoms with Gasteiger partial charge in [0.25, 0.3) is 5.92 Å². The minimum absolute atomic E-state index is 0.0830. The lowest BCUT2D eigenvalue weighted by Gasteiger charge is -2.51. The number of pyridine rings is 2. The Kier molecular flexibility index (Phi) is 5.34. The average molecular weight is 515 g/mol. The minimum atomic E-state index is -2.67. The number of benzene rings is 1. The van der Waals surface area contributed by atoms with Gasteiger partial charge < -0.3 is 20.9 Å². The molecule has 1 saturated heterocycles. The van der Waals surface area contributed by atoms with E-state index in [1.54, 1.807) is 17.0 Å². The molecule has 1 aliphatic carbocycles. The lowest BCUT2D eigenvalue weighted by atomic mass is 9.82. The number of ether oxygens (including phenoxy) is 1. The maximum atomic E-state index is 15.4. The van der Waals surface area contributed by atoms with Crippen molar-refractivity contribution in [1.29, 1.82) is 0 Å². The van der Waals surface area contributed by atoms with Gasteiger partial charge in [-0.3, -0.25) is 9.80 Å². The van der Waals surface area contributed by atoms with Crippen LogP contribution >= 0.6 is 0 Å². The molecule has 3 aliphatic rings. The molecule has 4 heterocycles. The van der Waals surface area contributed by atoms with Crippen LogP contribution in [0.5, 0.6) is 5.88 Å². The van der Waals surface area contributed by atoms with Gasteiger partial charge in [-0.05, 0) is 42.8 Å². The first kappa shape index (κ1) is 23.6. The van der Waals surface area contributed by atoms with Crippen molar-refractivity contribution in [3.05, 3.63) is 35.9 Å². The molecular formula is C25H25F3N6O3. The van der Waals surface area contributed by atoms with E-state index in [2.05, 4.69) is 15.3 Å². The number of carboxylic acid groups (broad SMARTS) is 1. The first-order valence-corrected chi connectivity index (χ1v) is 12.0. The smallest absolute Gasteiger partial charge is 0.413 e. The number of hydrogen-bond donors (Lipinski definition) is 3. The Morgan fingerprint density at radius 3 is 2.70 bits per heavy atom. The molecule has 2 aromatic heterocycles. The third kappa shape index (κ3) is 3.86. The summed E-state index contributed by atoms with van der Waals surface area (Å²) in [4.78, 5) is 23.6. The van der Waals surface area contributed by atoms with Crippen LogP contribution in [0, 0.1) is 12.7 Å². The third-order valence-electron chi connectivity index (χ3n) is 7.51. The Morgan fingerprint density at radius 1 is 1.24 bits per heavy atom. The maximum absolute atomic E-state index is 15.4. The number of amides is 1. The number of rotatable bonds is 4. The Bertz CT molecular complexity index is 1420. The highest BCUT2D eigenvalue weighted by Crippen LogP contribution is 2.42. The van der Waals surface area contributed by atoms with Crippen molar-refractivity contribution < 1.29 is 27.8 Å². The fraction of sp³-hybridized carbons (Fsp3) is 0.400. The van der Waals surface area contributed by atoms with E-state index < -0.39 is 23.9 Å². The molecule has 12 heteroatoms. The molecule has 0 spiro atoms. The molecule has 6 rings (SSSR count). The van der Waals surface area contributed by atoms with E-state index in [4.69, 9.17) is 10.5 Å². The Labute approximate surface area is 210 Å². The molecule has 1 aromatic carbocycles. The monoisotopic (exact) mass is 514 g/mol. The molecule has 0 unspecified atom stereocenters.